The lowest BCUT2D eigenvalue weighted by Gasteiger charge is -2.12. The Morgan fingerprint density at radius 2 is 2.12 bits per heavy atom. The Labute approximate surface area is 139 Å². The van der Waals surface area contributed by atoms with E-state index in [4.69, 9.17) is 4.74 Å². The minimum atomic E-state index is -0.499. The zero-order valence-corrected chi connectivity index (χ0v) is 13.1. The van der Waals surface area contributed by atoms with Crippen molar-refractivity contribution in [3.8, 4) is 17.1 Å². The molecule has 3 aromatic rings. The van der Waals surface area contributed by atoms with E-state index >= 15 is 0 Å². The Balaban J connectivity index is 1.50. The SMILES string of the molecule is Cn1cnnc1-c1cccc(NC(=O)[C@@H]2Cc3ccccc3O2)c1. The van der Waals surface area contributed by atoms with Crippen LogP contribution in [0.2, 0.25) is 0 Å². The molecular formula is C18H16N4O2. The lowest BCUT2D eigenvalue weighted by molar-refractivity contribution is -0.122. The van der Waals surface area contributed by atoms with Crippen molar-refractivity contribution in [2.75, 3.05) is 5.32 Å². The Morgan fingerprint density at radius 1 is 1.25 bits per heavy atom. The summed E-state index contributed by atoms with van der Waals surface area (Å²) in [5, 5.41) is 10.9. The molecule has 120 valence electrons. The molecule has 1 aliphatic heterocycles. The molecule has 0 radical (unpaired) electrons. The molecule has 0 saturated carbocycles. The average molecular weight is 320 g/mol. The van der Waals surface area contributed by atoms with Gasteiger partial charge >= 0.3 is 0 Å². The maximum absolute atomic E-state index is 12.5. The van der Waals surface area contributed by atoms with Crippen LogP contribution in [-0.4, -0.2) is 26.8 Å². The molecule has 0 fully saturated rings. The topological polar surface area (TPSA) is 69.0 Å². The molecule has 6 heteroatoms. The van der Waals surface area contributed by atoms with E-state index in [1.807, 2.05) is 60.1 Å². The minimum absolute atomic E-state index is 0.152. The van der Waals surface area contributed by atoms with Crippen LogP contribution in [0.25, 0.3) is 11.4 Å². The van der Waals surface area contributed by atoms with Crippen molar-refractivity contribution in [2.45, 2.75) is 12.5 Å². The molecule has 2 aromatic carbocycles. The number of ether oxygens (including phenoxy) is 1. The molecule has 0 bridgehead atoms. The molecule has 0 saturated heterocycles. The summed E-state index contributed by atoms with van der Waals surface area (Å²) in [6, 6.07) is 15.3. The van der Waals surface area contributed by atoms with Gasteiger partial charge in [0.05, 0.1) is 0 Å². The predicted molar refractivity (Wildman–Crippen MR) is 89.6 cm³/mol. The lowest BCUT2D eigenvalue weighted by atomic mass is 10.1. The molecule has 6 nitrogen and oxygen atoms in total. The third-order valence-corrected chi connectivity index (χ3v) is 4.04. The van der Waals surface area contributed by atoms with Crippen LogP contribution in [0.4, 0.5) is 5.69 Å². The number of fused-ring (bicyclic) bond motifs is 1. The summed E-state index contributed by atoms with van der Waals surface area (Å²) < 4.78 is 7.56. The summed E-state index contributed by atoms with van der Waals surface area (Å²) >= 11 is 0. The number of aromatic nitrogens is 3. The predicted octanol–water partition coefficient (Wildman–Crippen LogP) is 2.42. The van der Waals surface area contributed by atoms with E-state index < -0.39 is 6.10 Å². The fourth-order valence-electron chi connectivity index (χ4n) is 2.83. The van der Waals surface area contributed by atoms with Gasteiger partial charge in [-0.2, -0.15) is 0 Å². The van der Waals surface area contributed by atoms with Gasteiger partial charge < -0.3 is 14.6 Å². The second-order valence-corrected chi connectivity index (χ2v) is 5.75. The van der Waals surface area contributed by atoms with Crippen LogP contribution in [0.5, 0.6) is 5.75 Å². The summed E-state index contributed by atoms with van der Waals surface area (Å²) in [6.07, 6.45) is 1.73. The normalized spacial score (nSPS) is 15.6. The van der Waals surface area contributed by atoms with E-state index in [1.165, 1.54) is 0 Å². The van der Waals surface area contributed by atoms with Crippen molar-refractivity contribution in [1.29, 1.82) is 0 Å². The van der Waals surface area contributed by atoms with E-state index in [2.05, 4.69) is 15.5 Å². The molecule has 1 atom stereocenters. The number of para-hydroxylation sites is 1. The van der Waals surface area contributed by atoms with Gasteiger partial charge in [-0.3, -0.25) is 4.79 Å². The largest absolute Gasteiger partial charge is 0.480 e. The number of benzene rings is 2. The van der Waals surface area contributed by atoms with E-state index in [0.717, 1.165) is 22.7 Å². The number of rotatable bonds is 3. The third kappa shape index (κ3) is 2.62. The number of nitrogens with zero attached hydrogens (tertiary/aromatic N) is 3. The van der Waals surface area contributed by atoms with Gasteiger partial charge in [0.2, 0.25) is 0 Å². The first-order valence-electron chi connectivity index (χ1n) is 7.70. The van der Waals surface area contributed by atoms with Crippen LogP contribution in [-0.2, 0) is 18.3 Å². The monoisotopic (exact) mass is 320 g/mol. The summed E-state index contributed by atoms with van der Waals surface area (Å²) in [5.41, 5.74) is 2.66. The lowest BCUT2D eigenvalue weighted by Crippen LogP contribution is -2.31. The zero-order chi connectivity index (χ0) is 16.5. The Hall–Kier alpha value is -3.15. The van der Waals surface area contributed by atoms with Gasteiger partial charge in [-0.1, -0.05) is 30.3 Å². The van der Waals surface area contributed by atoms with Crippen LogP contribution in [0.15, 0.2) is 54.9 Å². The molecule has 4 rings (SSSR count). The van der Waals surface area contributed by atoms with Crippen molar-refractivity contribution < 1.29 is 9.53 Å². The highest BCUT2D eigenvalue weighted by molar-refractivity contribution is 5.95. The molecule has 1 N–H and O–H groups in total. The molecule has 1 aromatic heterocycles. The molecule has 0 aliphatic carbocycles. The number of carbonyl (C=O) groups excluding carboxylic acids is 1. The van der Waals surface area contributed by atoms with Crippen LogP contribution in [0.1, 0.15) is 5.56 Å². The number of anilines is 1. The Morgan fingerprint density at radius 3 is 2.92 bits per heavy atom. The Bertz CT molecular complexity index is 878. The van der Waals surface area contributed by atoms with Crippen molar-refractivity contribution in [1.82, 2.24) is 14.8 Å². The van der Waals surface area contributed by atoms with E-state index in [-0.39, 0.29) is 5.91 Å². The van der Waals surface area contributed by atoms with Crippen molar-refractivity contribution in [2.24, 2.45) is 7.05 Å². The zero-order valence-electron chi connectivity index (χ0n) is 13.1. The van der Waals surface area contributed by atoms with E-state index in [1.54, 1.807) is 6.33 Å². The highest BCUT2D eigenvalue weighted by atomic mass is 16.5. The second-order valence-electron chi connectivity index (χ2n) is 5.75. The van der Waals surface area contributed by atoms with Gasteiger partial charge in [-0.25, -0.2) is 0 Å². The maximum Gasteiger partial charge on any atom is 0.265 e. The van der Waals surface area contributed by atoms with E-state index in [0.29, 0.717) is 12.1 Å². The first-order valence-corrected chi connectivity index (χ1v) is 7.70. The van der Waals surface area contributed by atoms with Gasteiger partial charge in [0.1, 0.15) is 12.1 Å². The third-order valence-electron chi connectivity index (χ3n) is 4.04. The van der Waals surface area contributed by atoms with Crippen molar-refractivity contribution in [3.05, 3.63) is 60.4 Å². The van der Waals surface area contributed by atoms with E-state index in [9.17, 15) is 4.79 Å². The second kappa shape index (κ2) is 5.81. The Kier molecular flexibility index (Phi) is 3.49. The van der Waals surface area contributed by atoms with Crippen LogP contribution in [0.3, 0.4) is 0 Å². The summed E-state index contributed by atoms with van der Waals surface area (Å²) in [5.74, 6) is 1.38. The van der Waals surface area contributed by atoms with Gasteiger partial charge in [-0.05, 0) is 23.8 Å². The van der Waals surface area contributed by atoms with Crippen molar-refractivity contribution in [3.63, 3.8) is 0 Å². The fourth-order valence-corrected chi connectivity index (χ4v) is 2.83. The number of nitrogens with one attached hydrogen (secondary N) is 1. The van der Waals surface area contributed by atoms with Gasteiger partial charge in [0.25, 0.3) is 5.91 Å². The maximum atomic E-state index is 12.5. The standard InChI is InChI=1S/C18H16N4O2/c1-22-11-19-21-17(22)13-6-4-7-14(9-13)20-18(23)16-10-12-5-2-3-8-15(12)24-16/h2-9,11,16H,10H2,1H3,(H,20,23)/t16-/m0/s1. The number of hydrogen-bond acceptors (Lipinski definition) is 4. The highest BCUT2D eigenvalue weighted by Gasteiger charge is 2.28. The minimum Gasteiger partial charge on any atom is -0.480 e. The van der Waals surface area contributed by atoms with Crippen molar-refractivity contribution >= 4 is 11.6 Å². The van der Waals surface area contributed by atoms with Crippen LogP contribution < -0.4 is 10.1 Å². The molecule has 24 heavy (non-hydrogen) atoms. The molecular weight excluding hydrogens is 304 g/mol. The van der Waals surface area contributed by atoms with Gasteiger partial charge in [0, 0.05) is 24.7 Å². The molecule has 0 unspecified atom stereocenters. The van der Waals surface area contributed by atoms with Crippen LogP contribution in [0, 0.1) is 0 Å². The summed E-state index contributed by atoms with van der Waals surface area (Å²) in [7, 11) is 1.88. The number of amides is 1. The van der Waals surface area contributed by atoms with Gasteiger partial charge in [-0.15, -0.1) is 10.2 Å². The van der Waals surface area contributed by atoms with Crippen LogP contribution >= 0.6 is 0 Å². The summed E-state index contributed by atoms with van der Waals surface area (Å²) in [6.45, 7) is 0. The number of hydrogen-bond donors (Lipinski definition) is 1. The highest BCUT2D eigenvalue weighted by Crippen LogP contribution is 2.29. The average Bonchev–Trinajstić information content (AvgIpc) is 3.21. The smallest absolute Gasteiger partial charge is 0.265 e. The quantitative estimate of drug-likeness (QED) is 0.805. The number of carbonyl (C=O) groups is 1. The molecule has 0 spiro atoms. The van der Waals surface area contributed by atoms with Gasteiger partial charge in [0.15, 0.2) is 11.9 Å². The first-order chi connectivity index (χ1) is 11.7. The summed E-state index contributed by atoms with van der Waals surface area (Å²) in [4.78, 5) is 12.5. The fraction of sp³-hybridized carbons (Fsp3) is 0.167. The first kappa shape index (κ1) is 14.4. The molecule has 2 heterocycles. The molecule has 1 amide bonds. The molecule has 1 aliphatic rings. The number of aryl methyl sites for hydroxylation is 1.